The van der Waals surface area contributed by atoms with Crippen LogP contribution in [0.4, 0.5) is 0 Å². The van der Waals surface area contributed by atoms with Crippen molar-refractivity contribution in [2.45, 2.75) is 12.5 Å². The van der Waals surface area contributed by atoms with Gasteiger partial charge in [-0.1, -0.05) is 0 Å². The van der Waals surface area contributed by atoms with Gasteiger partial charge in [-0.05, 0) is 6.42 Å². The second kappa shape index (κ2) is 7.67. The lowest BCUT2D eigenvalue weighted by molar-refractivity contribution is 0.0507. The first-order valence-corrected chi connectivity index (χ1v) is 9.53. The number of ether oxygens (including phenoxy) is 1. The Bertz CT molecular complexity index is 618. The molecule has 0 saturated carbocycles. The number of aromatic nitrogens is 1. The van der Waals surface area contributed by atoms with Crippen LogP contribution in [0.25, 0.3) is 0 Å². The molecule has 1 fully saturated rings. The Kier molecular flexibility index (Phi) is 6.09. The fraction of sp³-hybridized carbons (Fsp3) is 0.692. The maximum absolute atomic E-state index is 12.4. The van der Waals surface area contributed by atoms with E-state index in [-0.39, 0.29) is 17.9 Å². The summed E-state index contributed by atoms with van der Waals surface area (Å²) in [6.07, 6.45) is 2.10. The third-order valence-electron chi connectivity index (χ3n) is 3.83. The Balaban J connectivity index is 2.07. The summed E-state index contributed by atoms with van der Waals surface area (Å²) in [5.74, 6) is -0.164. The van der Waals surface area contributed by atoms with E-state index in [1.54, 1.807) is 23.7 Å². The molecule has 1 saturated heterocycles. The van der Waals surface area contributed by atoms with Gasteiger partial charge in [0.2, 0.25) is 0 Å². The van der Waals surface area contributed by atoms with E-state index in [0.29, 0.717) is 31.0 Å². The topological polar surface area (TPSA) is 91.8 Å². The highest BCUT2D eigenvalue weighted by molar-refractivity contribution is 7.87. The van der Waals surface area contributed by atoms with Gasteiger partial charge in [-0.3, -0.25) is 9.78 Å². The molecule has 1 aliphatic rings. The average Bonchev–Trinajstić information content (AvgIpc) is 3.02. The summed E-state index contributed by atoms with van der Waals surface area (Å²) in [4.78, 5) is 18.7. The summed E-state index contributed by atoms with van der Waals surface area (Å²) in [5, 5.41) is 0. The molecule has 1 N–H and O–H groups in total. The third kappa shape index (κ3) is 4.48. The number of methoxy groups -OCH3 is 1. The first-order valence-electron chi connectivity index (χ1n) is 7.21. The van der Waals surface area contributed by atoms with Crippen LogP contribution in [0.1, 0.15) is 16.1 Å². The van der Waals surface area contributed by atoms with Gasteiger partial charge in [0.15, 0.2) is 0 Å². The summed E-state index contributed by atoms with van der Waals surface area (Å²) in [7, 11) is 1.02. The normalized spacial score (nSPS) is 22.5. The number of nitrogens with one attached hydrogen (secondary N) is 1. The fourth-order valence-electron chi connectivity index (χ4n) is 2.53. The van der Waals surface area contributed by atoms with Crippen molar-refractivity contribution in [1.29, 1.82) is 0 Å². The number of nitrogens with zero attached hydrogens (tertiary/aromatic N) is 3. The van der Waals surface area contributed by atoms with E-state index in [1.807, 2.05) is 0 Å². The van der Waals surface area contributed by atoms with Gasteiger partial charge in [-0.15, -0.1) is 11.3 Å². The molecule has 0 bridgehead atoms. The number of piperidine rings is 1. The van der Waals surface area contributed by atoms with Crippen LogP contribution in [-0.4, -0.2) is 75.5 Å². The molecule has 0 spiro atoms. The number of amides is 1. The van der Waals surface area contributed by atoms with Crippen molar-refractivity contribution < 1.29 is 17.9 Å². The molecule has 2 rings (SSSR count). The molecule has 1 aromatic rings. The number of likely N-dealkylation sites (tertiary alicyclic amines) is 1. The zero-order valence-electron chi connectivity index (χ0n) is 13.4. The third-order valence-corrected chi connectivity index (χ3v) is 6.15. The van der Waals surface area contributed by atoms with Crippen molar-refractivity contribution in [3.05, 3.63) is 16.6 Å². The first kappa shape index (κ1) is 18.3. The largest absolute Gasteiger partial charge is 0.384 e. The minimum atomic E-state index is -3.51. The van der Waals surface area contributed by atoms with Crippen molar-refractivity contribution in [3.63, 3.8) is 0 Å². The number of rotatable bonds is 6. The average molecular weight is 362 g/mol. The highest BCUT2D eigenvalue weighted by atomic mass is 32.2. The maximum Gasteiger partial charge on any atom is 0.279 e. The lowest BCUT2D eigenvalue weighted by Gasteiger charge is -2.38. The molecule has 2 atom stereocenters. The first-order chi connectivity index (χ1) is 10.8. The van der Waals surface area contributed by atoms with Crippen LogP contribution in [-0.2, 0) is 14.9 Å². The Hall–Kier alpha value is -1.07. The molecule has 8 nitrogen and oxygen atoms in total. The lowest BCUT2D eigenvalue weighted by Crippen LogP contribution is -2.55. The minimum Gasteiger partial charge on any atom is -0.384 e. The Morgan fingerprint density at radius 2 is 2.30 bits per heavy atom. The van der Waals surface area contributed by atoms with Gasteiger partial charge in [0, 0.05) is 46.3 Å². The molecule has 1 aromatic heterocycles. The summed E-state index contributed by atoms with van der Waals surface area (Å²) in [5.41, 5.74) is 1.62. The smallest absolute Gasteiger partial charge is 0.279 e. The van der Waals surface area contributed by atoms with Crippen molar-refractivity contribution >= 4 is 27.5 Å². The highest BCUT2D eigenvalue weighted by Gasteiger charge is 2.34. The minimum absolute atomic E-state index is 0.0671. The SMILES string of the molecule is COC[C@@H]1CN(C(=O)c2cncs2)CCC1NS(=O)(=O)N(C)C. The summed E-state index contributed by atoms with van der Waals surface area (Å²) in [6.45, 7) is 1.33. The second-order valence-corrected chi connectivity index (χ2v) is 8.44. The van der Waals surface area contributed by atoms with Gasteiger partial charge in [-0.25, -0.2) is 0 Å². The monoisotopic (exact) mass is 362 g/mol. The molecule has 0 aromatic carbocycles. The van der Waals surface area contributed by atoms with E-state index >= 15 is 0 Å². The molecule has 2 heterocycles. The Labute approximate surface area is 140 Å². The van der Waals surface area contributed by atoms with Gasteiger partial charge in [0.1, 0.15) is 4.88 Å². The summed E-state index contributed by atoms with van der Waals surface area (Å²) >= 11 is 1.30. The predicted molar refractivity (Wildman–Crippen MR) is 87.5 cm³/mol. The Morgan fingerprint density at radius 3 is 2.87 bits per heavy atom. The fourth-order valence-corrected chi connectivity index (χ4v) is 4.02. The molecule has 0 aliphatic carbocycles. The van der Waals surface area contributed by atoms with Gasteiger partial charge in [0.05, 0.1) is 18.3 Å². The van der Waals surface area contributed by atoms with Gasteiger partial charge in [-0.2, -0.15) is 17.4 Å². The van der Waals surface area contributed by atoms with E-state index in [0.717, 1.165) is 4.31 Å². The van der Waals surface area contributed by atoms with Crippen LogP contribution < -0.4 is 4.72 Å². The van der Waals surface area contributed by atoms with Crippen LogP contribution >= 0.6 is 11.3 Å². The standard InChI is InChI=1S/C13H22N4O4S2/c1-16(2)23(19,20)15-11-4-5-17(7-10(11)8-21-3)13(18)12-6-14-9-22-12/h6,9-11,15H,4-5,7-8H2,1-3H3/t10-,11?/m0/s1. The molecule has 10 heteroatoms. The number of hydrogen-bond acceptors (Lipinski definition) is 6. The van der Waals surface area contributed by atoms with Crippen LogP contribution in [0.5, 0.6) is 0 Å². The molecular weight excluding hydrogens is 340 g/mol. The zero-order valence-corrected chi connectivity index (χ0v) is 15.1. The Morgan fingerprint density at radius 1 is 1.57 bits per heavy atom. The molecular formula is C13H22N4O4S2. The van der Waals surface area contributed by atoms with E-state index in [4.69, 9.17) is 4.74 Å². The maximum atomic E-state index is 12.4. The summed E-state index contributed by atoms with van der Waals surface area (Å²) < 4.78 is 33.1. The number of carbonyl (C=O) groups excluding carboxylic acids is 1. The predicted octanol–water partition coefficient (Wildman–Crippen LogP) is 0.0162. The van der Waals surface area contributed by atoms with Crippen LogP contribution in [0.15, 0.2) is 11.7 Å². The van der Waals surface area contributed by atoms with Gasteiger partial charge >= 0.3 is 0 Å². The number of carbonyl (C=O) groups is 1. The van der Waals surface area contributed by atoms with E-state index in [2.05, 4.69) is 9.71 Å². The summed E-state index contributed by atoms with van der Waals surface area (Å²) in [6, 6.07) is -0.257. The molecule has 0 radical (unpaired) electrons. The second-order valence-electron chi connectivity index (χ2n) is 5.63. The molecule has 23 heavy (non-hydrogen) atoms. The van der Waals surface area contributed by atoms with Crippen molar-refractivity contribution in [3.8, 4) is 0 Å². The van der Waals surface area contributed by atoms with Crippen molar-refractivity contribution in [2.75, 3.05) is 40.9 Å². The molecule has 1 unspecified atom stereocenters. The van der Waals surface area contributed by atoms with Gasteiger partial charge in [0.25, 0.3) is 16.1 Å². The molecule has 130 valence electrons. The van der Waals surface area contributed by atoms with Gasteiger partial charge < -0.3 is 9.64 Å². The lowest BCUT2D eigenvalue weighted by atomic mass is 9.93. The van der Waals surface area contributed by atoms with Crippen LogP contribution in [0.2, 0.25) is 0 Å². The van der Waals surface area contributed by atoms with Crippen molar-refractivity contribution in [1.82, 2.24) is 18.9 Å². The van der Waals surface area contributed by atoms with Crippen molar-refractivity contribution in [2.24, 2.45) is 5.92 Å². The molecule has 1 aliphatic heterocycles. The van der Waals surface area contributed by atoms with E-state index in [1.165, 1.54) is 25.4 Å². The molecule has 1 amide bonds. The number of thiazole rings is 1. The van der Waals surface area contributed by atoms with Crippen LogP contribution in [0.3, 0.4) is 0 Å². The quantitative estimate of drug-likeness (QED) is 0.770. The van der Waals surface area contributed by atoms with E-state index < -0.39 is 10.2 Å². The van der Waals surface area contributed by atoms with E-state index in [9.17, 15) is 13.2 Å². The number of hydrogen-bond donors (Lipinski definition) is 1. The zero-order chi connectivity index (χ0) is 17.0. The van der Waals surface area contributed by atoms with Crippen LogP contribution in [0, 0.1) is 5.92 Å². The highest BCUT2D eigenvalue weighted by Crippen LogP contribution is 2.21.